The Bertz CT molecular complexity index is 1220. The second kappa shape index (κ2) is 7.12. The van der Waals surface area contributed by atoms with Gasteiger partial charge in [0.05, 0.1) is 4.70 Å². The van der Waals surface area contributed by atoms with Gasteiger partial charge in [-0.3, -0.25) is 0 Å². The second-order valence-corrected chi connectivity index (χ2v) is 10.2. The van der Waals surface area contributed by atoms with Crippen molar-refractivity contribution in [1.82, 2.24) is 0 Å². The van der Waals surface area contributed by atoms with Crippen LogP contribution in [0.5, 0.6) is 0 Å². The van der Waals surface area contributed by atoms with Gasteiger partial charge < -0.3 is 0 Å². The number of benzene rings is 4. The lowest BCUT2D eigenvalue weighted by Crippen LogP contribution is -2.05. The molecule has 0 saturated heterocycles. The molecule has 28 heavy (non-hydrogen) atoms. The Morgan fingerprint density at radius 1 is 0.571 bits per heavy atom. The summed E-state index contributed by atoms with van der Waals surface area (Å²) in [7, 11) is -0.122. The van der Waals surface area contributed by atoms with Gasteiger partial charge in [-0.2, -0.15) is 0 Å². The highest BCUT2D eigenvalue weighted by molar-refractivity contribution is 7.97. The zero-order valence-electron chi connectivity index (χ0n) is 16.0. The minimum Gasteiger partial charge on any atom is -0.130 e. The van der Waals surface area contributed by atoms with E-state index in [9.17, 15) is 0 Å². The minimum absolute atomic E-state index is 0.122. The van der Waals surface area contributed by atoms with Gasteiger partial charge in [0.1, 0.15) is 10.9 Å². The van der Waals surface area contributed by atoms with Gasteiger partial charge in [0.15, 0.2) is 14.7 Å². The van der Waals surface area contributed by atoms with Crippen LogP contribution in [0.25, 0.3) is 20.2 Å². The van der Waals surface area contributed by atoms with Gasteiger partial charge in [0, 0.05) is 15.5 Å². The van der Waals surface area contributed by atoms with Gasteiger partial charge in [0.25, 0.3) is 0 Å². The predicted octanol–water partition coefficient (Wildman–Crippen LogP) is 7.77. The average Bonchev–Trinajstić information content (AvgIpc) is 3.11. The van der Waals surface area contributed by atoms with Crippen molar-refractivity contribution in [3.8, 4) is 0 Å². The van der Waals surface area contributed by atoms with Crippen LogP contribution in [0.4, 0.5) is 0 Å². The summed E-state index contributed by atoms with van der Waals surface area (Å²) in [5.41, 5.74) is 2.60. The largest absolute Gasteiger partial charge is 0.184 e. The Labute approximate surface area is 172 Å². The smallest absolute Gasteiger partial charge is 0.130 e. The normalized spacial score (nSPS) is 11.5. The summed E-state index contributed by atoms with van der Waals surface area (Å²) in [5, 5.41) is 2.73. The Kier molecular flexibility index (Phi) is 4.46. The first-order valence-corrected chi connectivity index (χ1v) is 11.5. The molecule has 0 fully saturated rings. The molecule has 5 rings (SSSR count). The highest BCUT2D eigenvalue weighted by atomic mass is 32.2. The summed E-state index contributed by atoms with van der Waals surface area (Å²) in [6.45, 7) is 4.31. The second-order valence-electron chi connectivity index (χ2n) is 7.16. The summed E-state index contributed by atoms with van der Waals surface area (Å²) in [4.78, 5) is 4.17. The van der Waals surface area contributed by atoms with Crippen molar-refractivity contribution in [1.29, 1.82) is 0 Å². The van der Waals surface area contributed by atoms with E-state index in [-0.39, 0.29) is 10.9 Å². The van der Waals surface area contributed by atoms with Gasteiger partial charge in [0.2, 0.25) is 0 Å². The third-order valence-electron chi connectivity index (χ3n) is 5.10. The van der Waals surface area contributed by atoms with Gasteiger partial charge in [-0.1, -0.05) is 65.7 Å². The van der Waals surface area contributed by atoms with E-state index >= 15 is 0 Å². The standard InChI is InChI=1S/C26H21S2/c1-18-10-14-20(15-11-18)28(21-16-12-19(2)13-17-21)25-9-5-7-23-22-6-3-4-8-24(22)27-26(23)25/h3-17H,1-2H3/q+1. The first kappa shape index (κ1) is 17.5. The quantitative estimate of drug-likeness (QED) is 0.273. The van der Waals surface area contributed by atoms with E-state index in [2.05, 4.69) is 105 Å². The molecule has 0 radical (unpaired) electrons. The fraction of sp³-hybridized carbons (Fsp3) is 0.0769. The number of hydrogen-bond acceptors (Lipinski definition) is 1. The molecule has 2 heteroatoms. The van der Waals surface area contributed by atoms with Crippen molar-refractivity contribution in [3.63, 3.8) is 0 Å². The molecule has 0 aliphatic rings. The van der Waals surface area contributed by atoms with Gasteiger partial charge in [-0.15, -0.1) is 11.3 Å². The summed E-state index contributed by atoms with van der Waals surface area (Å²) in [6, 6.07) is 33.7. The minimum atomic E-state index is -0.122. The third-order valence-corrected chi connectivity index (χ3v) is 8.72. The molecule has 0 amide bonds. The molecule has 0 spiro atoms. The number of hydrogen-bond donors (Lipinski definition) is 0. The summed E-state index contributed by atoms with van der Waals surface area (Å²) in [6.07, 6.45) is 0. The van der Waals surface area contributed by atoms with Crippen molar-refractivity contribution >= 4 is 42.4 Å². The SMILES string of the molecule is Cc1ccc([S+](c2ccc(C)cc2)c2cccc3c2sc2ccccc23)cc1. The molecule has 4 aromatic carbocycles. The highest BCUT2D eigenvalue weighted by Gasteiger charge is 2.31. The topological polar surface area (TPSA) is 0 Å². The van der Waals surface area contributed by atoms with Crippen molar-refractivity contribution < 1.29 is 0 Å². The van der Waals surface area contributed by atoms with Gasteiger partial charge >= 0.3 is 0 Å². The molecular formula is C26H21S2+. The fourth-order valence-corrected chi connectivity index (χ4v) is 7.21. The molecule has 5 aromatic rings. The molecule has 0 saturated carbocycles. The highest BCUT2D eigenvalue weighted by Crippen LogP contribution is 2.42. The summed E-state index contributed by atoms with van der Waals surface area (Å²) >= 11 is 1.92. The lowest BCUT2D eigenvalue weighted by Gasteiger charge is -2.09. The fourth-order valence-electron chi connectivity index (χ4n) is 3.62. The van der Waals surface area contributed by atoms with Crippen LogP contribution in [-0.2, 0) is 10.9 Å². The molecule has 0 unspecified atom stereocenters. The van der Waals surface area contributed by atoms with Crippen molar-refractivity contribution in [2.24, 2.45) is 0 Å². The molecular weight excluding hydrogens is 376 g/mol. The summed E-state index contributed by atoms with van der Waals surface area (Å²) in [5.74, 6) is 0. The van der Waals surface area contributed by atoms with E-state index in [1.54, 1.807) is 0 Å². The van der Waals surface area contributed by atoms with Crippen molar-refractivity contribution in [2.75, 3.05) is 0 Å². The maximum atomic E-state index is 2.32. The van der Waals surface area contributed by atoms with Crippen molar-refractivity contribution in [2.45, 2.75) is 28.5 Å². The first-order chi connectivity index (χ1) is 13.7. The molecule has 136 valence electrons. The Hall–Kier alpha value is -2.55. The molecule has 1 heterocycles. The predicted molar refractivity (Wildman–Crippen MR) is 124 cm³/mol. The van der Waals surface area contributed by atoms with Crippen LogP contribution in [0.15, 0.2) is 106 Å². The Balaban J connectivity index is 1.79. The maximum absolute atomic E-state index is 2.32. The van der Waals surface area contributed by atoms with Gasteiger partial charge in [-0.25, -0.2) is 0 Å². The number of aryl methyl sites for hydroxylation is 2. The van der Waals surface area contributed by atoms with Crippen LogP contribution in [0.3, 0.4) is 0 Å². The zero-order valence-corrected chi connectivity index (χ0v) is 17.6. The van der Waals surface area contributed by atoms with Gasteiger partial charge in [-0.05, 0) is 50.2 Å². The maximum Gasteiger partial charge on any atom is 0.184 e. The number of thiophene rings is 1. The summed E-state index contributed by atoms with van der Waals surface area (Å²) < 4.78 is 2.77. The van der Waals surface area contributed by atoms with Crippen LogP contribution >= 0.6 is 11.3 Å². The van der Waals surface area contributed by atoms with E-state index < -0.39 is 0 Å². The lowest BCUT2D eigenvalue weighted by molar-refractivity contribution is 1.30. The zero-order chi connectivity index (χ0) is 19.1. The third kappa shape index (κ3) is 3.03. The molecule has 0 nitrogen and oxygen atoms in total. The molecule has 0 aliphatic heterocycles. The van der Waals surface area contributed by atoms with Crippen LogP contribution in [0, 0.1) is 13.8 Å². The number of fused-ring (bicyclic) bond motifs is 3. The van der Waals surface area contributed by atoms with Crippen molar-refractivity contribution in [3.05, 3.63) is 102 Å². The van der Waals surface area contributed by atoms with E-state index in [0.717, 1.165) is 0 Å². The van der Waals surface area contributed by atoms with E-state index in [4.69, 9.17) is 0 Å². The average molecular weight is 398 g/mol. The molecule has 0 N–H and O–H groups in total. The molecule has 0 atom stereocenters. The number of rotatable bonds is 3. The van der Waals surface area contributed by atoms with Crippen LogP contribution in [-0.4, -0.2) is 0 Å². The van der Waals surface area contributed by atoms with E-state index in [1.165, 1.54) is 46.0 Å². The monoisotopic (exact) mass is 397 g/mol. The molecule has 0 bridgehead atoms. The van der Waals surface area contributed by atoms with Crippen LogP contribution in [0.1, 0.15) is 11.1 Å². The van der Waals surface area contributed by atoms with E-state index in [0.29, 0.717) is 0 Å². The Morgan fingerprint density at radius 3 is 1.79 bits per heavy atom. The van der Waals surface area contributed by atoms with Crippen LogP contribution in [0.2, 0.25) is 0 Å². The molecule has 1 aromatic heterocycles. The first-order valence-electron chi connectivity index (χ1n) is 9.48. The Morgan fingerprint density at radius 2 is 1.14 bits per heavy atom. The van der Waals surface area contributed by atoms with E-state index in [1.807, 2.05) is 11.3 Å². The molecule has 0 aliphatic carbocycles. The lowest BCUT2D eigenvalue weighted by atomic mass is 10.1. The van der Waals surface area contributed by atoms with Crippen LogP contribution < -0.4 is 0 Å².